The third-order valence-electron chi connectivity index (χ3n) is 3.17. The molecule has 1 aromatic carbocycles. The second-order valence-corrected chi connectivity index (χ2v) is 5.97. The predicted molar refractivity (Wildman–Crippen MR) is 81.7 cm³/mol. The number of nitrogens with one attached hydrogen (secondary N) is 1. The van der Waals surface area contributed by atoms with Crippen LogP contribution in [-0.2, 0) is 12.0 Å². The number of nitrogens with zero attached hydrogens (tertiary/aromatic N) is 1. The molecule has 0 aliphatic heterocycles. The van der Waals surface area contributed by atoms with E-state index in [9.17, 15) is 14.9 Å². The van der Waals surface area contributed by atoms with Gasteiger partial charge in [0.25, 0.3) is 11.6 Å². The van der Waals surface area contributed by atoms with Crippen molar-refractivity contribution in [2.75, 3.05) is 0 Å². The molecule has 0 unspecified atom stereocenters. The van der Waals surface area contributed by atoms with E-state index < -0.39 is 10.8 Å². The number of rotatable bonds is 4. The fourth-order valence-corrected chi connectivity index (χ4v) is 1.96. The number of amides is 1. The first-order valence-corrected chi connectivity index (χ1v) is 6.90. The number of hydrogen-bond donors (Lipinski definition) is 1. The summed E-state index contributed by atoms with van der Waals surface area (Å²) in [7, 11) is 0. The number of nitro benzene ring substituents is 1. The van der Waals surface area contributed by atoms with Gasteiger partial charge in [0.2, 0.25) is 0 Å². The Labute approximate surface area is 128 Å². The van der Waals surface area contributed by atoms with Gasteiger partial charge in [0.1, 0.15) is 17.1 Å². The largest absolute Gasteiger partial charge is 0.464 e. The monoisotopic (exact) mass is 302 g/mol. The summed E-state index contributed by atoms with van der Waals surface area (Å²) in [4.78, 5) is 22.4. The van der Waals surface area contributed by atoms with Gasteiger partial charge in [-0.15, -0.1) is 0 Å². The van der Waals surface area contributed by atoms with Crippen molar-refractivity contribution >= 4 is 11.6 Å². The van der Waals surface area contributed by atoms with E-state index >= 15 is 0 Å². The lowest BCUT2D eigenvalue weighted by atomic mass is 9.94. The Balaban J connectivity index is 2.08. The van der Waals surface area contributed by atoms with Gasteiger partial charge in [-0.2, -0.15) is 0 Å². The first kappa shape index (κ1) is 15.8. The van der Waals surface area contributed by atoms with Gasteiger partial charge in [-0.05, 0) is 18.2 Å². The fourth-order valence-electron chi connectivity index (χ4n) is 1.96. The molecule has 6 heteroatoms. The minimum Gasteiger partial charge on any atom is -0.464 e. The van der Waals surface area contributed by atoms with Gasteiger partial charge in [0.15, 0.2) is 0 Å². The molecule has 2 rings (SSSR count). The smallest absolute Gasteiger partial charge is 0.282 e. The van der Waals surface area contributed by atoms with Crippen molar-refractivity contribution in [2.24, 2.45) is 0 Å². The van der Waals surface area contributed by atoms with Crippen LogP contribution in [0, 0.1) is 10.1 Å². The van der Waals surface area contributed by atoms with Crippen LogP contribution in [0.1, 0.15) is 42.6 Å². The van der Waals surface area contributed by atoms with Gasteiger partial charge < -0.3 is 9.73 Å². The highest BCUT2D eigenvalue weighted by Gasteiger charge is 2.20. The van der Waals surface area contributed by atoms with Gasteiger partial charge >= 0.3 is 0 Å². The Kier molecular flexibility index (Phi) is 4.30. The Morgan fingerprint density at radius 3 is 2.50 bits per heavy atom. The molecule has 2 aromatic rings. The Hall–Kier alpha value is -2.63. The van der Waals surface area contributed by atoms with E-state index in [-0.39, 0.29) is 23.2 Å². The Bertz CT molecular complexity index is 698. The summed E-state index contributed by atoms with van der Waals surface area (Å²) < 4.78 is 5.66. The first-order valence-electron chi connectivity index (χ1n) is 6.90. The lowest BCUT2D eigenvalue weighted by Gasteiger charge is -2.14. The van der Waals surface area contributed by atoms with Gasteiger partial charge in [0.05, 0.1) is 11.5 Å². The van der Waals surface area contributed by atoms with Crippen molar-refractivity contribution in [3.05, 3.63) is 63.6 Å². The molecule has 1 heterocycles. The number of hydrogen-bond acceptors (Lipinski definition) is 4. The molecule has 0 fully saturated rings. The number of furan rings is 1. The van der Waals surface area contributed by atoms with Crippen molar-refractivity contribution < 1.29 is 14.1 Å². The highest BCUT2D eigenvalue weighted by molar-refractivity contribution is 5.98. The Morgan fingerprint density at radius 2 is 1.91 bits per heavy atom. The highest BCUT2D eigenvalue weighted by atomic mass is 16.6. The van der Waals surface area contributed by atoms with Crippen molar-refractivity contribution in [2.45, 2.75) is 32.7 Å². The summed E-state index contributed by atoms with van der Waals surface area (Å²) in [5.41, 5.74) is -0.287. The molecule has 0 saturated heterocycles. The number of nitro groups is 1. The maximum atomic E-state index is 12.1. The van der Waals surface area contributed by atoms with Crippen molar-refractivity contribution in [3.8, 4) is 0 Å². The van der Waals surface area contributed by atoms with E-state index in [1.165, 1.54) is 18.2 Å². The molecule has 0 spiro atoms. The molecule has 0 aliphatic rings. The molecule has 1 amide bonds. The highest BCUT2D eigenvalue weighted by Crippen LogP contribution is 2.24. The van der Waals surface area contributed by atoms with Gasteiger partial charge in [-0.1, -0.05) is 32.9 Å². The van der Waals surface area contributed by atoms with Crippen LogP contribution in [-0.4, -0.2) is 10.8 Å². The molecule has 0 aliphatic carbocycles. The molecule has 116 valence electrons. The molecular formula is C16H18N2O4. The van der Waals surface area contributed by atoms with Crippen molar-refractivity contribution in [1.29, 1.82) is 0 Å². The Morgan fingerprint density at radius 1 is 1.23 bits per heavy atom. The van der Waals surface area contributed by atoms with Gasteiger partial charge in [-0.3, -0.25) is 14.9 Å². The maximum absolute atomic E-state index is 12.1. The lowest BCUT2D eigenvalue weighted by Crippen LogP contribution is -2.23. The number of carbonyl (C=O) groups is 1. The van der Waals surface area contributed by atoms with Crippen LogP contribution in [0.3, 0.4) is 0 Å². The maximum Gasteiger partial charge on any atom is 0.282 e. The third kappa shape index (κ3) is 3.52. The zero-order valence-corrected chi connectivity index (χ0v) is 12.8. The first-order chi connectivity index (χ1) is 10.3. The van der Waals surface area contributed by atoms with Crippen LogP contribution < -0.4 is 5.32 Å². The summed E-state index contributed by atoms with van der Waals surface area (Å²) in [6.45, 7) is 6.27. The zero-order chi connectivity index (χ0) is 16.3. The molecule has 6 nitrogen and oxygen atoms in total. The normalized spacial score (nSPS) is 11.2. The number of benzene rings is 1. The standard InChI is InChI=1S/C16H18N2O4/c1-16(2,3)14-9-8-11(22-14)10-17-15(19)12-6-4-5-7-13(12)18(20)21/h4-9H,10H2,1-3H3,(H,17,19). The van der Waals surface area contributed by atoms with Crippen molar-refractivity contribution in [1.82, 2.24) is 5.32 Å². The van der Waals surface area contributed by atoms with Crippen LogP contribution in [0.25, 0.3) is 0 Å². The van der Waals surface area contributed by atoms with E-state index in [1.807, 2.05) is 26.8 Å². The van der Waals surface area contributed by atoms with Gasteiger partial charge in [0, 0.05) is 11.5 Å². The van der Waals surface area contributed by atoms with E-state index in [0.717, 1.165) is 5.76 Å². The van der Waals surface area contributed by atoms with E-state index in [2.05, 4.69) is 5.32 Å². The molecule has 0 radical (unpaired) electrons. The van der Waals surface area contributed by atoms with Crippen LogP contribution in [0.4, 0.5) is 5.69 Å². The van der Waals surface area contributed by atoms with Crippen LogP contribution in [0.2, 0.25) is 0 Å². The fraction of sp³-hybridized carbons (Fsp3) is 0.312. The van der Waals surface area contributed by atoms with E-state index in [0.29, 0.717) is 5.76 Å². The van der Waals surface area contributed by atoms with Crippen LogP contribution >= 0.6 is 0 Å². The predicted octanol–water partition coefficient (Wildman–Crippen LogP) is 3.42. The zero-order valence-electron chi connectivity index (χ0n) is 12.8. The molecule has 0 saturated carbocycles. The second kappa shape index (κ2) is 6.01. The molecule has 22 heavy (non-hydrogen) atoms. The molecule has 0 atom stereocenters. The van der Waals surface area contributed by atoms with Crippen molar-refractivity contribution in [3.63, 3.8) is 0 Å². The van der Waals surface area contributed by atoms with E-state index in [4.69, 9.17) is 4.42 Å². The second-order valence-electron chi connectivity index (χ2n) is 5.97. The molecule has 1 aromatic heterocycles. The quantitative estimate of drug-likeness (QED) is 0.692. The SMILES string of the molecule is CC(C)(C)c1ccc(CNC(=O)c2ccccc2[N+](=O)[O-])o1. The number of carbonyl (C=O) groups excluding carboxylic acids is 1. The van der Waals surface area contributed by atoms with E-state index in [1.54, 1.807) is 12.1 Å². The summed E-state index contributed by atoms with van der Waals surface area (Å²) >= 11 is 0. The minimum atomic E-state index is -0.570. The van der Waals surface area contributed by atoms with Gasteiger partial charge in [-0.25, -0.2) is 0 Å². The van der Waals surface area contributed by atoms with Crippen LogP contribution in [0.15, 0.2) is 40.8 Å². The van der Waals surface area contributed by atoms with Crippen LogP contribution in [0.5, 0.6) is 0 Å². The number of para-hydroxylation sites is 1. The topological polar surface area (TPSA) is 85.4 Å². The molecular weight excluding hydrogens is 284 g/mol. The minimum absolute atomic E-state index is 0.0371. The average molecular weight is 302 g/mol. The molecule has 0 bridgehead atoms. The lowest BCUT2D eigenvalue weighted by molar-refractivity contribution is -0.385. The summed E-state index contributed by atoms with van der Waals surface area (Å²) in [5.74, 6) is 0.931. The third-order valence-corrected chi connectivity index (χ3v) is 3.17. The summed E-state index contributed by atoms with van der Waals surface area (Å²) in [6, 6.07) is 9.51. The summed E-state index contributed by atoms with van der Waals surface area (Å²) in [6.07, 6.45) is 0. The average Bonchev–Trinajstić information content (AvgIpc) is 2.93. The molecule has 1 N–H and O–H groups in total. The summed E-state index contributed by atoms with van der Waals surface area (Å²) in [5, 5.41) is 13.6.